The summed E-state index contributed by atoms with van der Waals surface area (Å²) in [5, 5.41) is 4.74. The van der Waals surface area contributed by atoms with Gasteiger partial charge in [-0.3, -0.25) is 9.48 Å². The van der Waals surface area contributed by atoms with Crippen LogP contribution < -0.4 is 10.5 Å². The van der Waals surface area contributed by atoms with Gasteiger partial charge in [0.1, 0.15) is 5.82 Å². The number of nitrogen functional groups attached to an aromatic ring is 1. The molecule has 1 amide bonds. The van der Waals surface area contributed by atoms with Gasteiger partial charge in [0, 0.05) is 54.5 Å². The standard InChI is InChI=1S/C22H22Cl2FN5O2/c23-17-3-4-18(25)21(24)16(17)5-9-32-19-10-14(11-27-22(19)26)15-12-28-30(13-15)8-7-29-6-1-2-20(29)31/h3-4,10-13H,1-2,5-9H2,(H2,26,27). The van der Waals surface area contributed by atoms with Crippen molar-refractivity contribution < 1.29 is 13.9 Å². The summed E-state index contributed by atoms with van der Waals surface area (Å²) in [6.45, 7) is 2.26. The highest BCUT2D eigenvalue weighted by molar-refractivity contribution is 6.36. The summed E-state index contributed by atoms with van der Waals surface area (Å²) in [7, 11) is 0. The van der Waals surface area contributed by atoms with Crippen molar-refractivity contribution in [3.05, 3.63) is 58.2 Å². The van der Waals surface area contributed by atoms with Crippen molar-refractivity contribution >= 4 is 34.9 Å². The van der Waals surface area contributed by atoms with Gasteiger partial charge in [0.2, 0.25) is 5.91 Å². The highest BCUT2D eigenvalue weighted by Crippen LogP contribution is 2.30. The Labute approximate surface area is 194 Å². The molecule has 0 radical (unpaired) electrons. The summed E-state index contributed by atoms with van der Waals surface area (Å²) >= 11 is 12.1. The Balaban J connectivity index is 1.40. The Kier molecular flexibility index (Phi) is 6.81. The number of hydrogen-bond acceptors (Lipinski definition) is 5. The molecule has 3 heterocycles. The van der Waals surface area contributed by atoms with Crippen LogP contribution in [0.1, 0.15) is 18.4 Å². The fourth-order valence-corrected chi connectivity index (χ4v) is 4.15. The number of carbonyl (C=O) groups is 1. The van der Waals surface area contributed by atoms with E-state index in [-0.39, 0.29) is 23.4 Å². The first-order valence-corrected chi connectivity index (χ1v) is 11.0. The van der Waals surface area contributed by atoms with Gasteiger partial charge in [-0.1, -0.05) is 23.2 Å². The van der Waals surface area contributed by atoms with Gasteiger partial charge in [0.25, 0.3) is 0 Å². The van der Waals surface area contributed by atoms with E-state index in [1.807, 2.05) is 11.1 Å². The maximum absolute atomic E-state index is 13.7. The Bertz CT molecular complexity index is 1140. The second-order valence-corrected chi connectivity index (χ2v) is 8.29. The molecule has 0 unspecified atom stereocenters. The number of benzene rings is 1. The molecule has 2 aromatic heterocycles. The van der Waals surface area contributed by atoms with Crippen LogP contribution in [-0.4, -0.2) is 45.3 Å². The molecule has 2 N–H and O–H groups in total. The fraction of sp³-hybridized carbons (Fsp3) is 0.318. The van der Waals surface area contributed by atoms with Crippen LogP contribution in [0.3, 0.4) is 0 Å². The summed E-state index contributed by atoms with van der Waals surface area (Å²) in [5.41, 5.74) is 8.08. The predicted octanol–water partition coefficient (Wildman–Crippen LogP) is 4.22. The molecule has 4 rings (SSSR count). The van der Waals surface area contributed by atoms with Crippen LogP contribution >= 0.6 is 23.2 Å². The zero-order chi connectivity index (χ0) is 22.7. The summed E-state index contributed by atoms with van der Waals surface area (Å²) in [6.07, 6.45) is 7.13. The molecule has 1 aromatic carbocycles. The van der Waals surface area contributed by atoms with E-state index in [9.17, 15) is 9.18 Å². The number of likely N-dealkylation sites (tertiary alicyclic amines) is 1. The first-order valence-electron chi connectivity index (χ1n) is 10.2. The lowest BCUT2D eigenvalue weighted by atomic mass is 10.1. The summed E-state index contributed by atoms with van der Waals surface area (Å²) in [4.78, 5) is 17.8. The molecule has 1 aliphatic rings. The highest BCUT2D eigenvalue weighted by atomic mass is 35.5. The maximum atomic E-state index is 13.7. The normalized spacial score (nSPS) is 13.7. The number of halogens is 3. The minimum Gasteiger partial charge on any atom is -0.489 e. The lowest BCUT2D eigenvalue weighted by Crippen LogP contribution is -2.28. The largest absolute Gasteiger partial charge is 0.489 e. The molecule has 7 nitrogen and oxygen atoms in total. The van der Waals surface area contributed by atoms with E-state index >= 15 is 0 Å². The van der Waals surface area contributed by atoms with Gasteiger partial charge >= 0.3 is 0 Å². The second kappa shape index (κ2) is 9.75. The van der Waals surface area contributed by atoms with Crippen LogP contribution in [0.15, 0.2) is 36.8 Å². The first-order chi connectivity index (χ1) is 15.4. The zero-order valence-electron chi connectivity index (χ0n) is 17.2. The van der Waals surface area contributed by atoms with Gasteiger partial charge in [0.05, 0.1) is 24.4 Å². The van der Waals surface area contributed by atoms with Crippen molar-refractivity contribution in [1.82, 2.24) is 19.7 Å². The van der Waals surface area contributed by atoms with Crippen LogP contribution in [-0.2, 0) is 17.8 Å². The highest BCUT2D eigenvalue weighted by Gasteiger charge is 2.19. The van der Waals surface area contributed by atoms with Gasteiger partial charge in [-0.15, -0.1) is 0 Å². The van der Waals surface area contributed by atoms with Crippen LogP contribution in [0.4, 0.5) is 10.2 Å². The van der Waals surface area contributed by atoms with Crippen LogP contribution in [0.2, 0.25) is 10.0 Å². The van der Waals surface area contributed by atoms with Crippen LogP contribution in [0.5, 0.6) is 5.75 Å². The molecule has 3 aromatic rings. The molecule has 1 aliphatic heterocycles. The minimum absolute atomic E-state index is 0.0102. The molecule has 0 aliphatic carbocycles. The van der Waals surface area contributed by atoms with Crippen molar-refractivity contribution in [2.75, 3.05) is 25.4 Å². The molecular weight excluding hydrogens is 456 g/mol. The maximum Gasteiger partial charge on any atom is 0.222 e. The van der Waals surface area contributed by atoms with Gasteiger partial charge in [-0.05, 0) is 30.2 Å². The van der Waals surface area contributed by atoms with E-state index in [1.165, 1.54) is 12.1 Å². The van der Waals surface area contributed by atoms with Gasteiger partial charge in [-0.2, -0.15) is 5.10 Å². The molecule has 168 valence electrons. The number of carbonyl (C=O) groups excluding carboxylic acids is 1. The van der Waals surface area contributed by atoms with E-state index in [0.29, 0.717) is 42.3 Å². The van der Waals surface area contributed by atoms with Gasteiger partial charge in [0.15, 0.2) is 11.6 Å². The Morgan fingerprint density at radius 2 is 2.03 bits per heavy atom. The summed E-state index contributed by atoms with van der Waals surface area (Å²) in [6, 6.07) is 4.47. The molecule has 0 bridgehead atoms. The monoisotopic (exact) mass is 477 g/mol. The van der Waals surface area contributed by atoms with E-state index < -0.39 is 5.82 Å². The summed E-state index contributed by atoms with van der Waals surface area (Å²) in [5.74, 6) is 0.315. The topological polar surface area (TPSA) is 86.3 Å². The second-order valence-electron chi connectivity index (χ2n) is 7.50. The number of nitrogens with two attached hydrogens (primary N) is 1. The molecule has 32 heavy (non-hydrogen) atoms. The van der Waals surface area contributed by atoms with Crippen molar-refractivity contribution in [1.29, 1.82) is 0 Å². The third-order valence-corrected chi connectivity index (χ3v) is 6.13. The SMILES string of the molecule is Nc1ncc(-c2cnn(CCN3CCCC3=O)c2)cc1OCCc1c(Cl)ccc(F)c1Cl. The van der Waals surface area contributed by atoms with Crippen LogP contribution in [0.25, 0.3) is 11.1 Å². The fourth-order valence-electron chi connectivity index (χ4n) is 3.59. The zero-order valence-corrected chi connectivity index (χ0v) is 18.7. The number of hydrogen-bond donors (Lipinski definition) is 1. The number of aromatic nitrogens is 3. The van der Waals surface area contributed by atoms with Crippen molar-refractivity contribution in [2.24, 2.45) is 0 Å². The molecule has 0 spiro atoms. The predicted molar refractivity (Wildman–Crippen MR) is 121 cm³/mol. The number of nitrogens with zero attached hydrogens (tertiary/aromatic N) is 4. The molecule has 0 atom stereocenters. The molecule has 1 fully saturated rings. The van der Waals surface area contributed by atoms with Crippen LogP contribution in [0, 0.1) is 5.82 Å². The number of pyridine rings is 1. The lowest BCUT2D eigenvalue weighted by molar-refractivity contribution is -0.127. The van der Waals surface area contributed by atoms with Crippen molar-refractivity contribution in [2.45, 2.75) is 25.8 Å². The van der Waals surface area contributed by atoms with Crippen molar-refractivity contribution in [3.63, 3.8) is 0 Å². The Hall–Kier alpha value is -2.84. The average molecular weight is 478 g/mol. The molecule has 1 saturated heterocycles. The van der Waals surface area contributed by atoms with E-state index in [1.54, 1.807) is 23.1 Å². The first kappa shape index (κ1) is 22.4. The van der Waals surface area contributed by atoms with E-state index in [4.69, 9.17) is 33.7 Å². The number of ether oxygens (including phenoxy) is 1. The third kappa shape index (κ3) is 4.97. The minimum atomic E-state index is -0.527. The number of rotatable bonds is 8. The molecule has 10 heteroatoms. The Morgan fingerprint density at radius 3 is 2.81 bits per heavy atom. The smallest absolute Gasteiger partial charge is 0.222 e. The summed E-state index contributed by atoms with van der Waals surface area (Å²) < 4.78 is 21.3. The number of amides is 1. The number of anilines is 1. The molecule has 0 saturated carbocycles. The van der Waals surface area contributed by atoms with E-state index in [0.717, 1.165) is 24.1 Å². The van der Waals surface area contributed by atoms with Gasteiger partial charge < -0.3 is 15.4 Å². The third-order valence-electron chi connectivity index (χ3n) is 5.37. The van der Waals surface area contributed by atoms with E-state index in [2.05, 4.69) is 10.1 Å². The quantitative estimate of drug-likeness (QED) is 0.490. The van der Waals surface area contributed by atoms with Crippen molar-refractivity contribution in [3.8, 4) is 16.9 Å². The average Bonchev–Trinajstić information content (AvgIpc) is 3.42. The van der Waals surface area contributed by atoms with Gasteiger partial charge in [-0.25, -0.2) is 9.37 Å². The Morgan fingerprint density at radius 1 is 1.19 bits per heavy atom. The molecular formula is C22H22Cl2FN5O2. The lowest BCUT2D eigenvalue weighted by Gasteiger charge is -2.14.